The molecule has 0 fully saturated rings. The third-order valence-electron chi connectivity index (χ3n) is 3.55. The van der Waals surface area contributed by atoms with Crippen LogP contribution >= 0.6 is 0 Å². The van der Waals surface area contributed by atoms with Gasteiger partial charge in [0.2, 0.25) is 23.6 Å². The lowest BCUT2D eigenvalue weighted by molar-refractivity contribution is -0.142. The molecule has 0 bridgehead atoms. The van der Waals surface area contributed by atoms with Crippen molar-refractivity contribution < 1.29 is 29.1 Å². The number of carbonyl (C=O) groups excluding carboxylic acids is 4. The Morgan fingerprint density at radius 3 is 2.36 bits per heavy atom. The molecule has 2 atom stereocenters. The first-order valence-corrected chi connectivity index (χ1v) is 8.27. The molecule has 1 heterocycles. The number of nitrogens with two attached hydrogens (primary N) is 2. The first-order valence-electron chi connectivity index (χ1n) is 8.27. The largest absolute Gasteiger partial charge is 0.480 e. The highest BCUT2D eigenvalue weighted by molar-refractivity contribution is 5.92. The smallest absolute Gasteiger partial charge is 0.326 e. The number of carboxylic acids is 1. The topological polar surface area (TPSA) is 222 Å². The molecule has 13 nitrogen and oxygen atoms in total. The molecule has 0 aromatic carbocycles. The van der Waals surface area contributed by atoms with Crippen LogP contribution in [0, 0.1) is 0 Å². The second kappa shape index (κ2) is 11.3. The summed E-state index contributed by atoms with van der Waals surface area (Å²) in [6.07, 6.45) is 2.55. The van der Waals surface area contributed by atoms with Gasteiger partial charge < -0.3 is 37.5 Å². The Kier molecular flexibility index (Phi) is 9.09. The predicted molar refractivity (Wildman–Crippen MR) is 94.3 cm³/mol. The van der Waals surface area contributed by atoms with E-state index in [1.54, 1.807) is 0 Å². The number of hydrogen-bond acceptors (Lipinski definition) is 7. The second-order valence-corrected chi connectivity index (χ2v) is 5.79. The van der Waals surface area contributed by atoms with Gasteiger partial charge in [0.25, 0.3) is 0 Å². The predicted octanol–water partition coefficient (Wildman–Crippen LogP) is -3.65. The Labute approximate surface area is 159 Å². The van der Waals surface area contributed by atoms with Gasteiger partial charge in [-0.3, -0.25) is 19.2 Å². The van der Waals surface area contributed by atoms with Gasteiger partial charge in [-0.05, 0) is 6.42 Å². The molecule has 0 saturated heterocycles. The van der Waals surface area contributed by atoms with E-state index < -0.39 is 48.2 Å². The minimum Gasteiger partial charge on any atom is -0.480 e. The number of carboxylic acid groups (broad SMARTS) is 1. The standard InChI is InChI=1S/C15H23N7O6/c16-4-12(24)22-10(3-8-5-18-7-20-8)14(26)19-6-13(25)21-9(15(27)28)1-2-11(17)23/h5,7,9-10H,1-4,6,16H2,(H2,17,23)(H,18,20)(H,19,26)(H,21,25)(H,22,24)(H,27,28). The van der Waals surface area contributed by atoms with E-state index in [0.29, 0.717) is 5.69 Å². The van der Waals surface area contributed by atoms with Crippen molar-refractivity contribution in [3.8, 4) is 0 Å². The highest BCUT2D eigenvalue weighted by Crippen LogP contribution is 2.00. The number of imidazole rings is 1. The van der Waals surface area contributed by atoms with Crippen molar-refractivity contribution in [2.45, 2.75) is 31.3 Å². The van der Waals surface area contributed by atoms with Crippen LogP contribution in [0.5, 0.6) is 0 Å². The number of aromatic nitrogens is 2. The Hall–Kier alpha value is -3.48. The average Bonchev–Trinajstić information content (AvgIpc) is 3.15. The van der Waals surface area contributed by atoms with E-state index in [4.69, 9.17) is 16.6 Å². The number of rotatable bonds is 12. The number of aromatic amines is 1. The molecule has 0 radical (unpaired) electrons. The van der Waals surface area contributed by atoms with Gasteiger partial charge in [0.15, 0.2) is 0 Å². The zero-order valence-electron chi connectivity index (χ0n) is 14.9. The Balaban J connectivity index is 2.60. The molecule has 1 aromatic heterocycles. The van der Waals surface area contributed by atoms with Gasteiger partial charge in [-0.25, -0.2) is 9.78 Å². The molecule has 13 heteroatoms. The molecule has 28 heavy (non-hydrogen) atoms. The van der Waals surface area contributed by atoms with E-state index in [-0.39, 0.29) is 25.8 Å². The summed E-state index contributed by atoms with van der Waals surface area (Å²) in [7, 11) is 0. The number of aliphatic carboxylic acids is 1. The number of carbonyl (C=O) groups is 5. The highest BCUT2D eigenvalue weighted by Gasteiger charge is 2.24. The first-order chi connectivity index (χ1) is 13.2. The average molecular weight is 397 g/mol. The maximum atomic E-state index is 12.3. The summed E-state index contributed by atoms with van der Waals surface area (Å²) in [6.45, 7) is -0.857. The van der Waals surface area contributed by atoms with Gasteiger partial charge in [-0.2, -0.15) is 0 Å². The Bertz CT molecular complexity index is 706. The molecule has 4 amide bonds. The van der Waals surface area contributed by atoms with Crippen molar-refractivity contribution in [2.75, 3.05) is 13.1 Å². The van der Waals surface area contributed by atoms with Gasteiger partial charge >= 0.3 is 5.97 Å². The summed E-state index contributed by atoms with van der Waals surface area (Å²) in [5, 5.41) is 16.0. The number of hydrogen-bond donors (Lipinski definition) is 7. The van der Waals surface area contributed by atoms with Gasteiger partial charge in [0.05, 0.1) is 19.4 Å². The molecular formula is C15H23N7O6. The number of nitrogens with one attached hydrogen (secondary N) is 4. The molecule has 0 saturated carbocycles. The Morgan fingerprint density at radius 1 is 1.14 bits per heavy atom. The molecule has 0 aliphatic carbocycles. The second-order valence-electron chi connectivity index (χ2n) is 5.79. The molecule has 154 valence electrons. The van der Waals surface area contributed by atoms with E-state index in [9.17, 15) is 24.0 Å². The van der Waals surface area contributed by atoms with Gasteiger partial charge in [0, 0.05) is 24.7 Å². The summed E-state index contributed by atoms with van der Waals surface area (Å²) in [4.78, 5) is 64.2. The minimum atomic E-state index is -1.34. The van der Waals surface area contributed by atoms with Crippen LogP contribution in [0.3, 0.4) is 0 Å². The molecule has 0 aliphatic heterocycles. The van der Waals surface area contributed by atoms with E-state index in [1.807, 2.05) is 0 Å². The molecule has 1 aromatic rings. The van der Waals surface area contributed by atoms with E-state index in [0.717, 1.165) is 0 Å². The quantitative estimate of drug-likeness (QED) is 0.186. The Morgan fingerprint density at radius 2 is 1.82 bits per heavy atom. The van der Waals surface area contributed by atoms with Crippen LogP contribution in [-0.2, 0) is 30.4 Å². The maximum absolute atomic E-state index is 12.3. The summed E-state index contributed by atoms with van der Waals surface area (Å²) in [5.41, 5.74) is 10.8. The summed E-state index contributed by atoms with van der Waals surface area (Å²) < 4.78 is 0. The number of H-pyrrole nitrogens is 1. The zero-order valence-corrected chi connectivity index (χ0v) is 14.9. The van der Waals surface area contributed by atoms with E-state index in [1.165, 1.54) is 12.5 Å². The fraction of sp³-hybridized carbons (Fsp3) is 0.467. The van der Waals surface area contributed by atoms with E-state index >= 15 is 0 Å². The van der Waals surface area contributed by atoms with Crippen LogP contribution in [0.2, 0.25) is 0 Å². The monoisotopic (exact) mass is 397 g/mol. The maximum Gasteiger partial charge on any atom is 0.326 e. The van der Waals surface area contributed by atoms with Crippen molar-refractivity contribution in [3.63, 3.8) is 0 Å². The van der Waals surface area contributed by atoms with Crippen LogP contribution in [0.15, 0.2) is 12.5 Å². The van der Waals surface area contributed by atoms with Crippen LogP contribution in [0.4, 0.5) is 0 Å². The van der Waals surface area contributed by atoms with Crippen LogP contribution in [0.1, 0.15) is 18.5 Å². The van der Waals surface area contributed by atoms with Crippen LogP contribution in [-0.4, -0.2) is 69.8 Å². The van der Waals surface area contributed by atoms with Crippen molar-refractivity contribution in [2.24, 2.45) is 11.5 Å². The third kappa shape index (κ3) is 8.27. The lowest BCUT2D eigenvalue weighted by Crippen LogP contribution is -2.52. The fourth-order valence-electron chi connectivity index (χ4n) is 2.16. The normalized spacial score (nSPS) is 12.5. The fourth-order valence-corrected chi connectivity index (χ4v) is 2.16. The number of amides is 4. The minimum absolute atomic E-state index is 0.0789. The number of primary amides is 1. The molecular weight excluding hydrogens is 374 g/mol. The highest BCUT2D eigenvalue weighted by atomic mass is 16.4. The summed E-state index contributed by atoms with van der Waals surface area (Å²) >= 11 is 0. The van der Waals surface area contributed by atoms with Crippen LogP contribution in [0.25, 0.3) is 0 Å². The van der Waals surface area contributed by atoms with Gasteiger partial charge in [-0.1, -0.05) is 0 Å². The number of nitrogens with zero attached hydrogens (tertiary/aromatic N) is 1. The van der Waals surface area contributed by atoms with Crippen LogP contribution < -0.4 is 27.4 Å². The van der Waals surface area contributed by atoms with Gasteiger partial charge in [0.1, 0.15) is 12.1 Å². The van der Waals surface area contributed by atoms with Crippen molar-refractivity contribution in [3.05, 3.63) is 18.2 Å². The van der Waals surface area contributed by atoms with Crippen molar-refractivity contribution in [1.29, 1.82) is 0 Å². The first kappa shape index (κ1) is 22.6. The molecule has 2 unspecified atom stereocenters. The molecule has 0 aliphatic rings. The van der Waals surface area contributed by atoms with E-state index in [2.05, 4.69) is 25.9 Å². The van der Waals surface area contributed by atoms with Crippen molar-refractivity contribution in [1.82, 2.24) is 25.9 Å². The van der Waals surface area contributed by atoms with Gasteiger partial charge in [-0.15, -0.1) is 0 Å². The SMILES string of the molecule is NCC(=O)NC(Cc1cnc[nH]1)C(=O)NCC(=O)NC(CCC(N)=O)C(=O)O. The lowest BCUT2D eigenvalue weighted by Gasteiger charge is -2.18. The summed E-state index contributed by atoms with van der Waals surface area (Å²) in [6, 6.07) is -2.34. The molecule has 0 spiro atoms. The zero-order chi connectivity index (χ0) is 21.1. The molecule has 1 rings (SSSR count). The summed E-state index contributed by atoms with van der Waals surface area (Å²) in [5.74, 6) is -4.06. The van der Waals surface area contributed by atoms with Crippen molar-refractivity contribution >= 4 is 29.6 Å². The molecule has 9 N–H and O–H groups in total. The third-order valence-corrected chi connectivity index (χ3v) is 3.55. The lowest BCUT2D eigenvalue weighted by atomic mass is 10.1.